The van der Waals surface area contributed by atoms with E-state index in [1.54, 1.807) is 18.2 Å². The number of nitrogens with zero attached hydrogens (tertiary/aromatic N) is 1. The van der Waals surface area contributed by atoms with Crippen LogP contribution in [0.1, 0.15) is 16.1 Å². The molecule has 0 atom stereocenters. The molecule has 0 spiro atoms. The zero-order valence-electron chi connectivity index (χ0n) is 9.61. The molecule has 0 bridgehead atoms. The van der Waals surface area contributed by atoms with E-state index in [-0.39, 0.29) is 11.4 Å². The van der Waals surface area contributed by atoms with Crippen LogP contribution < -0.4 is 0 Å². The Bertz CT molecular complexity index is 605. The van der Waals surface area contributed by atoms with Crippen molar-refractivity contribution in [3.05, 3.63) is 58.0 Å². The van der Waals surface area contributed by atoms with Crippen LogP contribution in [0.4, 0.5) is 5.69 Å². The van der Waals surface area contributed by atoms with Crippen molar-refractivity contribution >= 4 is 23.4 Å². The van der Waals surface area contributed by atoms with Crippen molar-refractivity contribution < 1.29 is 19.2 Å². The standard InChI is InChI=1S/C12H9NO5S/c14-12(15)11-8(5-6-18-11)7-19-10-3-1-9(2-4-10)13(16)17/h1-6H,7H2,(H,14,15). The zero-order chi connectivity index (χ0) is 13.8. The third kappa shape index (κ3) is 3.14. The summed E-state index contributed by atoms with van der Waals surface area (Å²) in [5.41, 5.74) is 0.606. The number of carboxylic acids is 1. The zero-order valence-corrected chi connectivity index (χ0v) is 10.4. The highest BCUT2D eigenvalue weighted by atomic mass is 32.2. The largest absolute Gasteiger partial charge is 0.475 e. The minimum atomic E-state index is -1.11. The second-order valence-electron chi connectivity index (χ2n) is 3.62. The van der Waals surface area contributed by atoms with Crippen LogP contribution in [0.2, 0.25) is 0 Å². The number of non-ortho nitro benzene ring substituents is 1. The summed E-state index contributed by atoms with van der Waals surface area (Å²) in [4.78, 5) is 21.7. The third-order valence-electron chi connectivity index (χ3n) is 2.38. The number of nitro benzene ring substituents is 1. The second-order valence-corrected chi connectivity index (χ2v) is 4.67. The molecular formula is C12H9NO5S. The van der Waals surface area contributed by atoms with Gasteiger partial charge in [0.15, 0.2) is 0 Å². The second kappa shape index (κ2) is 5.57. The fraction of sp³-hybridized carbons (Fsp3) is 0.0833. The molecule has 0 aliphatic heterocycles. The monoisotopic (exact) mass is 279 g/mol. The molecule has 7 heteroatoms. The summed E-state index contributed by atoms with van der Waals surface area (Å²) in [5.74, 6) is -0.755. The molecule has 0 radical (unpaired) electrons. The van der Waals surface area contributed by atoms with Crippen LogP contribution in [0.25, 0.3) is 0 Å². The van der Waals surface area contributed by atoms with Crippen molar-refractivity contribution in [2.75, 3.05) is 0 Å². The molecule has 2 rings (SSSR count). The highest BCUT2D eigenvalue weighted by Gasteiger charge is 2.14. The summed E-state index contributed by atoms with van der Waals surface area (Å²) in [6, 6.07) is 7.68. The third-order valence-corrected chi connectivity index (χ3v) is 3.44. The Morgan fingerprint density at radius 3 is 2.58 bits per heavy atom. The van der Waals surface area contributed by atoms with Crippen LogP contribution in [0.3, 0.4) is 0 Å². The lowest BCUT2D eigenvalue weighted by Gasteiger charge is -2.00. The van der Waals surface area contributed by atoms with Gasteiger partial charge in [-0.15, -0.1) is 11.8 Å². The molecule has 0 amide bonds. The number of benzene rings is 1. The molecule has 0 aliphatic rings. The first-order valence-electron chi connectivity index (χ1n) is 5.25. The van der Waals surface area contributed by atoms with Crippen LogP contribution in [0, 0.1) is 10.1 Å². The van der Waals surface area contributed by atoms with Crippen LogP contribution >= 0.6 is 11.8 Å². The van der Waals surface area contributed by atoms with E-state index >= 15 is 0 Å². The van der Waals surface area contributed by atoms with Crippen molar-refractivity contribution in [3.8, 4) is 0 Å². The molecule has 98 valence electrons. The van der Waals surface area contributed by atoms with Crippen molar-refractivity contribution in [1.82, 2.24) is 0 Å². The molecule has 1 aromatic carbocycles. The topological polar surface area (TPSA) is 93.6 Å². The summed E-state index contributed by atoms with van der Waals surface area (Å²) < 4.78 is 4.86. The molecule has 19 heavy (non-hydrogen) atoms. The Hall–Kier alpha value is -2.28. The SMILES string of the molecule is O=C(O)c1occc1CSc1ccc([N+](=O)[O-])cc1. The lowest BCUT2D eigenvalue weighted by atomic mass is 10.3. The van der Waals surface area contributed by atoms with E-state index in [2.05, 4.69) is 0 Å². The number of hydrogen-bond donors (Lipinski definition) is 1. The normalized spacial score (nSPS) is 10.3. The van der Waals surface area contributed by atoms with Gasteiger partial charge in [0.2, 0.25) is 5.76 Å². The number of aromatic carboxylic acids is 1. The molecule has 0 fully saturated rings. The molecule has 0 saturated carbocycles. The van der Waals surface area contributed by atoms with Crippen LogP contribution in [0.5, 0.6) is 0 Å². The van der Waals surface area contributed by atoms with E-state index in [4.69, 9.17) is 9.52 Å². The van der Waals surface area contributed by atoms with Crippen molar-refractivity contribution in [2.45, 2.75) is 10.6 Å². The molecule has 0 aliphatic carbocycles. The number of carbonyl (C=O) groups is 1. The summed E-state index contributed by atoms with van der Waals surface area (Å²) in [5, 5.41) is 19.4. The maximum atomic E-state index is 10.8. The van der Waals surface area contributed by atoms with Gasteiger partial charge in [-0.05, 0) is 18.2 Å². The molecule has 0 unspecified atom stereocenters. The van der Waals surface area contributed by atoms with Gasteiger partial charge >= 0.3 is 5.97 Å². The van der Waals surface area contributed by atoms with Crippen LogP contribution in [0.15, 0.2) is 45.9 Å². The van der Waals surface area contributed by atoms with Gasteiger partial charge in [0.1, 0.15) is 0 Å². The smallest absolute Gasteiger partial charge is 0.372 e. The lowest BCUT2D eigenvalue weighted by molar-refractivity contribution is -0.384. The molecule has 1 heterocycles. The van der Waals surface area contributed by atoms with E-state index in [0.717, 1.165) is 4.90 Å². The van der Waals surface area contributed by atoms with Gasteiger partial charge in [-0.25, -0.2) is 4.79 Å². The maximum absolute atomic E-state index is 10.8. The van der Waals surface area contributed by atoms with Crippen LogP contribution in [-0.4, -0.2) is 16.0 Å². The Balaban J connectivity index is 2.04. The van der Waals surface area contributed by atoms with Crippen LogP contribution in [-0.2, 0) is 5.75 Å². The fourth-order valence-corrected chi connectivity index (χ4v) is 2.34. The molecule has 1 aromatic heterocycles. The van der Waals surface area contributed by atoms with Gasteiger partial charge in [-0.3, -0.25) is 10.1 Å². The number of furan rings is 1. The summed E-state index contributed by atoms with van der Waals surface area (Å²) in [7, 11) is 0. The van der Waals surface area contributed by atoms with Crippen molar-refractivity contribution in [3.63, 3.8) is 0 Å². The molecule has 6 nitrogen and oxygen atoms in total. The van der Waals surface area contributed by atoms with Gasteiger partial charge in [-0.2, -0.15) is 0 Å². The Kier molecular flexibility index (Phi) is 3.86. The molecular weight excluding hydrogens is 270 g/mol. The Labute approximate surface area is 112 Å². The van der Waals surface area contributed by atoms with Gasteiger partial charge in [0.05, 0.1) is 11.2 Å². The highest BCUT2D eigenvalue weighted by molar-refractivity contribution is 7.98. The van der Waals surface area contributed by atoms with E-state index in [9.17, 15) is 14.9 Å². The molecule has 0 saturated heterocycles. The van der Waals surface area contributed by atoms with Gasteiger partial charge in [0, 0.05) is 28.3 Å². The Morgan fingerprint density at radius 1 is 1.32 bits per heavy atom. The summed E-state index contributed by atoms with van der Waals surface area (Å²) >= 11 is 1.38. The number of thioether (sulfide) groups is 1. The van der Waals surface area contributed by atoms with E-state index < -0.39 is 10.9 Å². The van der Waals surface area contributed by atoms with Crippen molar-refractivity contribution in [2.24, 2.45) is 0 Å². The van der Waals surface area contributed by atoms with E-state index in [1.165, 1.54) is 30.2 Å². The van der Waals surface area contributed by atoms with E-state index in [1.807, 2.05) is 0 Å². The average molecular weight is 279 g/mol. The summed E-state index contributed by atoms with van der Waals surface area (Å²) in [6.07, 6.45) is 1.33. The lowest BCUT2D eigenvalue weighted by Crippen LogP contribution is -1.97. The minimum Gasteiger partial charge on any atom is -0.475 e. The maximum Gasteiger partial charge on any atom is 0.372 e. The quantitative estimate of drug-likeness (QED) is 0.513. The predicted molar refractivity (Wildman–Crippen MR) is 68.3 cm³/mol. The Morgan fingerprint density at radius 2 is 2.00 bits per heavy atom. The van der Waals surface area contributed by atoms with Crippen molar-refractivity contribution in [1.29, 1.82) is 0 Å². The first-order valence-corrected chi connectivity index (χ1v) is 6.23. The minimum absolute atomic E-state index is 0.0267. The predicted octanol–water partition coefficient (Wildman–Crippen LogP) is 3.18. The highest BCUT2D eigenvalue weighted by Crippen LogP contribution is 2.26. The van der Waals surface area contributed by atoms with E-state index in [0.29, 0.717) is 11.3 Å². The average Bonchev–Trinajstić information content (AvgIpc) is 2.85. The first kappa shape index (κ1) is 13.2. The number of hydrogen-bond acceptors (Lipinski definition) is 5. The number of carboxylic acid groups (broad SMARTS) is 1. The van der Waals surface area contributed by atoms with Gasteiger partial charge in [-0.1, -0.05) is 0 Å². The van der Waals surface area contributed by atoms with Gasteiger partial charge < -0.3 is 9.52 Å². The molecule has 1 N–H and O–H groups in total. The molecule has 2 aromatic rings. The summed E-state index contributed by atoms with van der Waals surface area (Å²) in [6.45, 7) is 0. The fourth-order valence-electron chi connectivity index (χ4n) is 1.46. The van der Waals surface area contributed by atoms with Gasteiger partial charge in [0.25, 0.3) is 5.69 Å². The number of rotatable bonds is 5. The number of nitro groups is 1. The first-order chi connectivity index (χ1) is 9.08.